The van der Waals surface area contributed by atoms with Gasteiger partial charge in [-0.3, -0.25) is 0 Å². The van der Waals surface area contributed by atoms with Crippen molar-refractivity contribution in [3.05, 3.63) is 174 Å². The van der Waals surface area contributed by atoms with Gasteiger partial charge >= 0.3 is 0 Å². The monoisotopic (exact) mass is 680 g/mol. The highest BCUT2D eigenvalue weighted by Gasteiger charge is 2.25. The summed E-state index contributed by atoms with van der Waals surface area (Å²) >= 11 is 0. The zero-order valence-electron chi connectivity index (χ0n) is 31.1. The van der Waals surface area contributed by atoms with E-state index in [1.54, 1.807) is 0 Å². The molecule has 1 unspecified atom stereocenters. The Kier molecular flexibility index (Phi) is 13.3. The van der Waals surface area contributed by atoms with Crippen LogP contribution in [0.25, 0.3) is 16.3 Å². The number of ether oxygens (including phenoxy) is 3. The summed E-state index contributed by atoms with van der Waals surface area (Å²) in [5.41, 5.74) is 9.53. The summed E-state index contributed by atoms with van der Waals surface area (Å²) in [5.74, 6) is 2.94. The molecule has 1 aliphatic heterocycles. The quantitative estimate of drug-likeness (QED) is 0.0747. The Morgan fingerprint density at radius 3 is 2.12 bits per heavy atom. The van der Waals surface area contributed by atoms with Gasteiger partial charge in [-0.1, -0.05) is 124 Å². The fourth-order valence-corrected chi connectivity index (χ4v) is 6.34. The molecule has 5 rings (SSSR count). The zero-order valence-corrected chi connectivity index (χ0v) is 31.1. The minimum absolute atomic E-state index is 0.109. The lowest BCUT2D eigenvalue weighted by Gasteiger charge is -2.20. The van der Waals surface area contributed by atoms with Crippen molar-refractivity contribution in [1.29, 1.82) is 0 Å². The minimum Gasteiger partial charge on any atom is -0.494 e. The van der Waals surface area contributed by atoms with E-state index < -0.39 is 0 Å². The molecule has 3 fully saturated rings. The van der Waals surface area contributed by atoms with E-state index in [4.69, 9.17) is 14.2 Å². The second-order valence-corrected chi connectivity index (χ2v) is 14.2. The van der Waals surface area contributed by atoms with Crippen molar-refractivity contribution >= 4 is 16.3 Å². The number of hydrogen-bond acceptors (Lipinski definition) is 3. The molecule has 51 heavy (non-hydrogen) atoms. The lowest BCUT2D eigenvalue weighted by atomic mass is 9.87. The summed E-state index contributed by atoms with van der Waals surface area (Å²) in [7, 11) is 0. The van der Waals surface area contributed by atoms with Crippen LogP contribution in [-0.4, -0.2) is 25.9 Å². The van der Waals surface area contributed by atoms with Gasteiger partial charge in [-0.2, -0.15) is 0 Å². The Hall–Kier alpha value is -4.60. The molecule has 3 aliphatic rings. The Morgan fingerprint density at radius 2 is 1.49 bits per heavy atom. The molecule has 3 nitrogen and oxygen atoms in total. The van der Waals surface area contributed by atoms with Crippen LogP contribution in [0.1, 0.15) is 70.4 Å². The van der Waals surface area contributed by atoms with Gasteiger partial charge in [0, 0.05) is 5.57 Å². The predicted molar refractivity (Wildman–Crippen MR) is 217 cm³/mol. The molecule has 2 aromatic carbocycles. The summed E-state index contributed by atoms with van der Waals surface area (Å²) in [6.45, 7) is 29.3. The van der Waals surface area contributed by atoms with Crippen LogP contribution in [0.2, 0.25) is 0 Å². The van der Waals surface area contributed by atoms with Crippen molar-refractivity contribution in [3.8, 4) is 0 Å². The third kappa shape index (κ3) is 11.2. The van der Waals surface area contributed by atoms with Gasteiger partial charge in [-0.15, -0.1) is 0 Å². The van der Waals surface area contributed by atoms with Gasteiger partial charge in [0.15, 0.2) is 0 Å². The molecule has 0 radical (unpaired) electrons. The first-order valence-electron chi connectivity index (χ1n) is 18.6. The summed E-state index contributed by atoms with van der Waals surface area (Å²) < 4.78 is 17.9. The van der Waals surface area contributed by atoms with Crippen LogP contribution in [0.5, 0.6) is 0 Å². The van der Waals surface area contributed by atoms with E-state index in [1.165, 1.54) is 48.4 Å². The molecule has 1 atom stereocenters. The number of aryl methyl sites for hydroxylation is 1. The molecule has 0 bridgehead atoms. The minimum atomic E-state index is 0.109. The first-order valence-corrected chi connectivity index (χ1v) is 18.6. The Balaban J connectivity index is 1.51. The van der Waals surface area contributed by atoms with Crippen molar-refractivity contribution < 1.29 is 14.2 Å². The molecule has 1 saturated heterocycles. The molecule has 3 heteroatoms. The number of allylic oxidation sites excluding steroid dienone is 15. The highest BCUT2D eigenvalue weighted by Crippen LogP contribution is 2.38. The molecule has 0 spiro atoms. The van der Waals surface area contributed by atoms with E-state index >= 15 is 0 Å². The third-order valence-corrected chi connectivity index (χ3v) is 9.74. The van der Waals surface area contributed by atoms with E-state index in [0.717, 1.165) is 63.5 Å². The first-order chi connectivity index (χ1) is 24.7. The van der Waals surface area contributed by atoms with Gasteiger partial charge in [0.25, 0.3) is 0 Å². The van der Waals surface area contributed by atoms with Gasteiger partial charge in [-0.05, 0) is 127 Å². The average molecular weight is 681 g/mol. The Labute approximate surface area is 307 Å². The van der Waals surface area contributed by atoms with E-state index in [2.05, 4.69) is 101 Å². The molecular weight excluding hydrogens is 625 g/mol. The molecule has 2 aromatic rings. The summed E-state index contributed by atoms with van der Waals surface area (Å²) in [6, 6.07) is 13.6. The van der Waals surface area contributed by atoms with Gasteiger partial charge in [0.05, 0.1) is 13.2 Å². The van der Waals surface area contributed by atoms with E-state index in [9.17, 15) is 0 Å². The van der Waals surface area contributed by atoms with Crippen LogP contribution in [0.15, 0.2) is 163 Å². The molecule has 2 saturated carbocycles. The number of benzene rings is 2. The van der Waals surface area contributed by atoms with Crippen LogP contribution in [-0.2, 0) is 20.6 Å². The van der Waals surface area contributed by atoms with E-state index in [-0.39, 0.29) is 6.10 Å². The molecule has 1 heterocycles. The van der Waals surface area contributed by atoms with Crippen molar-refractivity contribution in [2.75, 3.05) is 19.8 Å². The normalized spacial score (nSPS) is 19.0. The molecular formula is C48H56O3. The number of rotatable bonds is 21. The number of epoxide rings is 1. The average Bonchev–Trinajstić information content (AvgIpc) is 3.96. The van der Waals surface area contributed by atoms with Crippen molar-refractivity contribution in [2.45, 2.75) is 71.8 Å². The fourth-order valence-electron chi connectivity index (χ4n) is 6.34. The van der Waals surface area contributed by atoms with Crippen LogP contribution in [0.3, 0.4) is 0 Å². The van der Waals surface area contributed by atoms with E-state index in [0.29, 0.717) is 37.1 Å². The second kappa shape index (κ2) is 18.1. The topological polar surface area (TPSA) is 31.0 Å². The summed E-state index contributed by atoms with van der Waals surface area (Å²) in [4.78, 5) is 0. The summed E-state index contributed by atoms with van der Waals surface area (Å²) in [6.07, 6.45) is 24.5. The molecule has 2 aliphatic carbocycles. The first kappa shape index (κ1) is 37.7. The van der Waals surface area contributed by atoms with Crippen molar-refractivity contribution in [1.82, 2.24) is 0 Å². The van der Waals surface area contributed by atoms with Gasteiger partial charge in [-0.25, -0.2) is 0 Å². The summed E-state index contributed by atoms with van der Waals surface area (Å²) in [5, 5.41) is 2.43. The van der Waals surface area contributed by atoms with Crippen molar-refractivity contribution in [3.63, 3.8) is 0 Å². The van der Waals surface area contributed by atoms with Crippen LogP contribution >= 0.6 is 0 Å². The fraction of sp³-hybridized carbons (Fsp3) is 0.333. The van der Waals surface area contributed by atoms with E-state index in [1.807, 2.05) is 38.2 Å². The third-order valence-electron chi connectivity index (χ3n) is 9.74. The second-order valence-electron chi connectivity index (χ2n) is 14.2. The smallest absolute Gasteiger partial charge is 0.127 e. The number of hydrogen-bond donors (Lipinski definition) is 0. The van der Waals surface area contributed by atoms with Gasteiger partial charge < -0.3 is 14.2 Å². The maximum absolute atomic E-state index is 6.45. The van der Waals surface area contributed by atoms with Gasteiger partial charge in [0.2, 0.25) is 0 Å². The maximum atomic E-state index is 6.45. The van der Waals surface area contributed by atoms with Crippen LogP contribution in [0.4, 0.5) is 0 Å². The molecule has 0 N–H and O–H groups in total. The van der Waals surface area contributed by atoms with Gasteiger partial charge in [0.1, 0.15) is 24.2 Å². The largest absolute Gasteiger partial charge is 0.494 e. The number of fused-ring (bicyclic) bond motifs is 1. The highest BCUT2D eigenvalue weighted by atomic mass is 16.6. The Bertz CT molecular complexity index is 1840. The lowest BCUT2D eigenvalue weighted by molar-refractivity contribution is 0.194. The predicted octanol–water partition coefficient (Wildman–Crippen LogP) is 12.4. The Morgan fingerprint density at radius 1 is 0.784 bits per heavy atom. The van der Waals surface area contributed by atoms with Crippen LogP contribution in [0, 0.1) is 11.8 Å². The highest BCUT2D eigenvalue weighted by molar-refractivity contribution is 5.93. The molecule has 0 aromatic heterocycles. The standard InChI is InChI=1S/C48H56O3/c1-9-39(10-2)43(27-35(8)49-30-38-18-19-38)25-33(6)24-34(7)26-46(40(11-3)12-4)48(47(13-5)51-32-45-31-50-45)42-23-22-41-21-20-37(28-44(41)29-42)17-16-36-14-15-36/h9-13,20-23,25-29,36,38,45H,1,3,5,7-8,14-19,24,30-32H2,2,4,6H3/b33-25+,39-10-,40-12-,43-27-,46-26+,48-47+. The zero-order chi connectivity index (χ0) is 36.3. The van der Waals surface area contributed by atoms with Crippen molar-refractivity contribution in [2.24, 2.45) is 11.8 Å². The molecule has 266 valence electrons. The molecule has 0 amide bonds. The maximum Gasteiger partial charge on any atom is 0.127 e. The SMILES string of the molecule is C=CC(=C/C)/C(=C\C(=C)OCC1CC1)/C=C(\C)CC(=C)/C=C(C(\C=C)=C/C)/C(=C(\C=C)OCC1CO1)c1ccc2ccc(CCC3CC3)cc2c1. The van der Waals surface area contributed by atoms with Crippen LogP contribution < -0.4 is 0 Å². The lowest BCUT2D eigenvalue weighted by Crippen LogP contribution is -2.05.